The molecule has 0 spiro atoms. The lowest BCUT2D eigenvalue weighted by Crippen LogP contribution is -2.35. The molecule has 1 aliphatic rings. The van der Waals surface area contributed by atoms with Gasteiger partial charge in [-0.3, -0.25) is 14.5 Å². The third-order valence-electron chi connectivity index (χ3n) is 5.15. The molecule has 8 nitrogen and oxygen atoms in total. The Hall–Kier alpha value is -3.41. The minimum absolute atomic E-state index is 0.0224. The Morgan fingerprint density at radius 2 is 2.10 bits per heavy atom. The molecule has 1 fully saturated rings. The number of imidazole rings is 1. The molecule has 1 aliphatic heterocycles. The molecule has 0 aliphatic carbocycles. The van der Waals surface area contributed by atoms with Gasteiger partial charge < -0.3 is 19.6 Å². The second-order valence-corrected chi connectivity index (χ2v) is 7.31. The van der Waals surface area contributed by atoms with E-state index in [4.69, 9.17) is 10.5 Å². The first-order valence-electron chi connectivity index (χ1n) is 9.73. The number of primary amides is 1. The maximum Gasteiger partial charge on any atom is 0.254 e. The SMILES string of the molecule is Cn1cc(C(N)=O)c(=O)c2cc(CN3CCOCC3)cc(C#CCn3ccnc3)c21. The lowest BCUT2D eigenvalue weighted by atomic mass is 10.0. The highest BCUT2D eigenvalue weighted by Crippen LogP contribution is 2.20. The van der Waals surface area contributed by atoms with Crippen LogP contribution in [0.2, 0.25) is 0 Å². The Kier molecular flexibility index (Phi) is 5.65. The van der Waals surface area contributed by atoms with Crippen LogP contribution in [-0.4, -0.2) is 51.2 Å². The van der Waals surface area contributed by atoms with E-state index in [1.807, 2.05) is 22.9 Å². The van der Waals surface area contributed by atoms with Gasteiger partial charge >= 0.3 is 0 Å². The van der Waals surface area contributed by atoms with Crippen molar-refractivity contribution in [3.63, 3.8) is 0 Å². The molecule has 0 unspecified atom stereocenters. The van der Waals surface area contributed by atoms with Gasteiger partial charge in [0.25, 0.3) is 5.91 Å². The van der Waals surface area contributed by atoms with E-state index in [1.165, 1.54) is 6.20 Å². The average Bonchev–Trinajstić information content (AvgIpc) is 3.24. The predicted molar refractivity (Wildman–Crippen MR) is 113 cm³/mol. The molecule has 1 saturated heterocycles. The second kappa shape index (κ2) is 8.53. The number of nitrogens with two attached hydrogens (primary N) is 1. The molecule has 8 heteroatoms. The Morgan fingerprint density at radius 1 is 1.30 bits per heavy atom. The fourth-order valence-corrected chi connectivity index (χ4v) is 3.70. The van der Waals surface area contributed by atoms with Crippen LogP contribution in [0.15, 0.2) is 41.8 Å². The zero-order valence-electron chi connectivity index (χ0n) is 16.8. The number of carbonyl (C=O) groups excluding carboxylic acids is 1. The number of hydrogen-bond acceptors (Lipinski definition) is 5. The summed E-state index contributed by atoms with van der Waals surface area (Å²) in [5.74, 6) is 5.61. The van der Waals surface area contributed by atoms with Crippen LogP contribution in [0.3, 0.4) is 0 Å². The van der Waals surface area contributed by atoms with Crippen molar-refractivity contribution in [2.24, 2.45) is 12.8 Å². The van der Waals surface area contributed by atoms with Crippen LogP contribution in [0, 0.1) is 11.8 Å². The molecule has 0 saturated carbocycles. The summed E-state index contributed by atoms with van der Waals surface area (Å²) in [5, 5.41) is 0.450. The molecule has 3 aromatic rings. The number of rotatable bonds is 4. The number of ether oxygens (including phenoxy) is 1. The predicted octanol–water partition coefficient (Wildman–Crippen LogP) is 0.718. The van der Waals surface area contributed by atoms with E-state index in [2.05, 4.69) is 21.7 Å². The number of aromatic nitrogens is 3. The number of aryl methyl sites for hydroxylation is 1. The molecule has 4 rings (SSSR count). The van der Waals surface area contributed by atoms with Crippen LogP contribution in [0.5, 0.6) is 0 Å². The molecule has 1 amide bonds. The van der Waals surface area contributed by atoms with Crippen molar-refractivity contribution < 1.29 is 9.53 Å². The molecule has 154 valence electrons. The molecular formula is C22H23N5O3. The van der Waals surface area contributed by atoms with Crippen molar-refractivity contribution in [1.29, 1.82) is 0 Å². The van der Waals surface area contributed by atoms with Crippen molar-refractivity contribution in [2.75, 3.05) is 26.3 Å². The first kappa shape index (κ1) is 19.9. The van der Waals surface area contributed by atoms with Gasteiger partial charge in [0.2, 0.25) is 5.43 Å². The average molecular weight is 405 g/mol. The van der Waals surface area contributed by atoms with Crippen LogP contribution < -0.4 is 11.2 Å². The van der Waals surface area contributed by atoms with E-state index in [0.717, 1.165) is 24.2 Å². The van der Waals surface area contributed by atoms with Gasteiger partial charge in [-0.1, -0.05) is 11.8 Å². The molecule has 0 bridgehead atoms. The third-order valence-corrected chi connectivity index (χ3v) is 5.15. The third kappa shape index (κ3) is 4.13. The molecular weight excluding hydrogens is 382 g/mol. The number of benzene rings is 1. The first-order chi connectivity index (χ1) is 14.5. The van der Waals surface area contributed by atoms with Gasteiger partial charge in [-0.15, -0.1) is 0 Å². The smallest absolute Gasteiger partial charge is 0.254 e. The zero-order chi connectivity index (χ0) is 21.1. The molecule has 2 N–H and O–H groups in total. The number of hydrogen-bond donors (Lipinski definition) is 1. The van der Waals surface area contributed by atoms with Crippen molar-refractivity contribution in [1.82, 2.24) is 19.0 Å². The van der Waals surface area contributed by atoms with E-state index in [-0.39, 0.29) is 11.0 Å². The van der Waals surface area contributed by atoms with E-state index in [0.29, 0.717) is 37.2 Å². The van der Waals surface area contributed by atoms with E-state index in [9.17, 15) is 9.59 Å². The van der Waals surface area contributed by atoms with Crippen LogP contribution in [0.4, 0.5) is 0 Å². The monoisotopic (exact) mass is 405 g/mol. The van der Waals surface area contributed by atoms with E-state index in [1.54, 1.807) is 24.1 Å². The van der Waals surface area contributed by atoms with E-state index >= 15 is 0 Å². The first-order valence-corrected chi connectivity index (χ1v) is 9.73. The van der Waals surface area contributed by atoms with Crippen LogP contribution >= 0.6 is 0 Å². The van der Waals surface area contributed by atoms with Crippen LogP contribution in [0.1, 0.15) is 21.5 Å². The second-order valence-electron chi connectivity index (χ2n) is 7.31. The van der Waals surface area contributed by atoms with Crippen molar-refractivity contribution in [3.8, 4) is 11.8 Å². The number of pyridine rings is 1. The van der Waals surface area contributed by atoms with Gasteiger partial charge in [0, 0.05) is 56.2 Å². The molecule has 2 aromatic heterocycles. The standard InChI is InChI=1S/C22H23N5O3/c1-25-14-19(22(23)29)21(28)18-12-16(13-26-7-9-30-10-8-26)11-17(20(18)25)3-2-5-27-6-4-24-15-27/h4,6,11-12,14-15H,5,7-10,13H2,1H3,(H2,23,29). The Bertz CT molecular complexity index is 1200. The lowest BCUT2D eigenvalue weighted by molar-refractivity contribution is 0.0342. The summed E-state index contributed by atoms with van der Waals surface area (Å²) in [5.41, 5.74) is 7.44. The number of nitrogens with zero attached hydrogens (tertiary/aromatic N) is 4. The molecule has 30 heavy (non-hydrogen) atoms. The lowest BCUT2D eigenvalue weighted by Gasteiger charge is -2.26. The highest BCUT2D eigenvalue weighted by Gasteiger charge is 2.17. The van der Waals surface area contributed by atoms with Crippen molar-refractivity contribution in [3.05, 3.63) is 64.0 Å². The van der Waals surface area contributed by atoms with Gasteiger partial charge in [-0.05, 0) is 17.7 Å². The molecule has 0 radical (unpaired) electrons. The largest absolute Gasteiger partial charge is 0.379 e. The van der Waals surface area contributed by atoms with Crippen LogP contribution in [-0.2, 0) is 24.9 Å². The molecule has 1 aromatic carbocycles. The molecule has 3 heterocycles. The Labute approximate surface area is 173 Å². The number of morpholine rings is 1. The fourth-order valence-electron chi connectivity index (χ4n) is 3.70. The highest BCUT2D eigenvalue weighted by atomic mass is 16.5. The summed E-state index contributed by atoms with van der Waals surface area (Å²) in [6.45, 7) is 4.22. The maximum absolute atomic E-state index is 13.0. The fraction of sp³-hybridized carbons (Fsp3) is 0.318. The minimum atomic E-state index is -0.733. The molecule has 0 atom stereocenters. The van der Waals surface area contributed by atoms with Gasteiger partial charge in [-0.25, -0.2) is 4.98 Å². The summed E-state index contributed by atoms with van der Waals surface area (Å²) >= 11 is 0. The van der Waals surface area contributed by atoms with Gasteiger partial charge in [-0.2, -0.15) is 0 Å². The van der Waals surface area contributed by atoms with Crippen LogP contribution in [0.25, 0.3) is 10.9 Å². The maximum atomic E-state index is 13.0. The van der Waals surface area contributed by atoms with E-state index < -0.39 is 5.91 Å². The Morgan fingerprint density at radius 3 is 2.80 bits per heavy atom. The van der Waals surface area contributed by atoms with Crippen molar-refractivity contribution in [2.45, 2.75) is 13.1 Å². The van der Waals surface area contributed by atoms with Crippen molar-refractivity contribution >= 4 is 16.8 Å². The number of carbonyl (C=O) groups is 1. The summed E-state index contributed by atoms with van der Waals surface area (Å²) in [6.07, 6.45) is 6.73. The zero-order valence-corrected chi connectivity index (χ0v) is 16.8. The normalized spacial score (nSPS) is 14.4. The summed E-state index contributed by atoms with van der Waals surface area (Å²) in [4.78, 5) is 31.0. The van der Waals surface area contributed by atoms with Gasteiger partial charge in [0.1, 0.15) is 5.56 Å². The topological polar surface area (TPSA) is 95.4 Å². The number of amides is 1. The number of fused-ring (bicyclic) bond motifs is 1. The van der Waals surface area contributed by atoms with Gasteiger partial charge in [0.05, 0.1) is 31.6 Å². The summed E-state index contributed by atoms with van der Waals surface area (Å²) < 4.78 is 9.04. The minimum Gasteiger partial charge on any atom is -0.379 e. The van der Waals surface area contributed by atoms with Gasteiger partial charge in [0.15, 0.2) is 0 Å². The summed E-state index contributed by atoms with van der Waals surface area (Å²) in [7, 11) is 1.79. The highest BCUT2D eigenvalue weighted by molar-refractivity contribution is 5.97. The summed E-state index contributed by atoms with van der Waals surface area (Å²) in [6, 6.07) is 3.86. The quantitative estimate of drug-likeness (QED) is 0.646. The Balaban J connectivity index is 1.82.